The van der Waals surface area contributed by atoms with Crippen LogP contribution in [0.25, 0.3) is 5.65 Å². The quantitative estimate of drug-likeness (QED) is 0.863. The van der Waals surface area contributed by atoms with E-state index in [4.69, 9.17) is 4.74 Å². The molecule has 2 aromatic rings. The minimum absolute atomic E-state index is 0.230. The van der Waals surface area contributed by atoms with Crippen LogP contribution in [0.4, 0.5) is 10.6 Å². The number of rotatable bonds is 3. The fraction of sp³-hybridized carbons (Fsp3) is 0.562. The summed E-state index contributed by atoms with van der Waals surface area (Å²) in [5, 5.41) is 7.83. The van der Waals surface area contributed by atoms with Gasteiger partial charge in [-0.3, -0.25) is 0 Å². The van der Waals surface area contributed by atoms with Gasteiger partial charge >= 0.3 is 6.09 Å². The Balaban J connectivity index is 1.53. The average Bonchev–Trinajstić information content (AvgIpc) is 3.11. The van der Waals surface area contributed by atoms with Crippen LogP contribution in [0.2, 0.25) is 0 Å². The average molecular weight is 396 g/mol. The van der Waals surface area contributed by atoms with Gasteiger partial charge in [0.05, 0.1) is 6.20 Å². The van der Waals surface area contributed by atoms with E-state index in [1.165, 1.54) is 0 Å². The van der Waals surface area contributed by atoms with E-state index in [-0.39, 0.29) is 6.09 Å². The van der Waals surface area contributed by atoms with Crippen LogP contribution < -0.4 is 5.32 Å². The highest BCUT2D eigenvalue weighted by molar-refractivity contribution is 9.10. The van der Waals surface area contributed by atoms with Crippen LogP contribution in [-0.4, -0.2) is 50.8 Å². The van der Waals surface area contributed by atoms with Crippen molar-refractivity contribution in [1.82, 2.24) is 19.5 Å². The molecule has 0 saturated carbocycles. The zero-order valence-electron chi connectivity index (χ0n) is 14.1. The summed E-state index contributed by atoms with van der Waals surface area (Å²) in [7, 11) is 0. The molecule has 1 aliphatic heterocycles. The van der Waals surface area contributed by atoms with Crippen molar-refractivity contribution in [2.45, 2.75) is 32.8 Å². The Morgan fingerprint density at radius 2 is 2.25 bits per heavy atom. The number of carbonyl (C=O) groups is 1. The fourth-order valence-electron chi connectivity index (χ4n) is 2.68. The summed E-state index contributed by atoms with van der Waals surface area (Å²) in [5.41, 5.74) is 0.342. The molecule has 0 aromatic carbocycles. The Morgan fingerprint density at radius 3 is 3.00 bits per heavy atom. The lowest BCUT2D eigenvalue weighted by atomic mass is 10.1. The molecule has 1 saturated heterocycles. The second-order valence-corrected chi connectivity index (χ2v) is 7.84. The van der Waals surface area contributed by atoms with E-state index < -0.39 is 5.60 Å². The number of ether oxygens (including phenoxy) is 1. The molecule has 0 bridgehead atoms. The van der Waals surface area contributed by atoms with Crippen LogP contribution in [0.3, 0.4) is 0 Å². The predicted octanol–water partition coefficient (Wildman–Crippen LogP) is 3.16. The number of anilines is 1. The minimum atomic E-state index is -0.453. The van der Waals surface area contributed by atoms with E-state index >= 15 is 0 Å². The van der Waals surface area contributed by atoms with Crippen molar-refractivity contribution in [2.75, 3.05) is 25.0 Å². The molecule has 3 rings (SSSR count). The lowest BCUT2D eigenvalue weighted by molar-refractivity contribution is 0.0289. The zero-order valence-corrected chi connectivity index (χ0v) is 15.7. The van der Waals surface area contributed by atoms with Crippen LogP contribution in [0.5, 0.6) is 0 Å². The van der Waals surface area contributed by atoms with Gasteiger partial charge in [-0.1, -0.05) is 0 Å². The van der Waals surface area contributed by atoms with E-state index in [2.05, 4.69) is 31.3 Å². The van der Waals surface area contributed by atoms with Gasteiger partial charge in [0.2, 0.25) is 0 Å². The van der Waals surface area contributed by atoms with Crippen molar-refractivity contribution in [3.63, 3.8) is 0 Å². The van der Waals surface area contributed by atoms with Crippen LogP contribution in [0.1, 0.15) is 27.2 Å². The largest absolute Gasteiger partial charge is 0.444 e. The Hall–Kier alpha value is -1.83. The third kappa shape index (κ3) is 3.98. The summed E-state index contributed by atoms with van der Waals surface area (Å²) in [6, 6.07) is 3.83. The first kappa shape index (κ1) is 17.0. The van der Waals surface area contributed by atoms with Crippen LogP contribution in [0, 0.1) is 5.92 Å². The van der Waals surface area contributed by atoms with Crippen molar-refractivity contribution in [1.29, 1.82) is 0 Å². The molecular formula is C16H22BrN5O2. The highest BCUT2D eigenvalue weighted by Gasteiger charge is 2.29. The van der Waals surface area contributed by atoms with Crippen molar-refractivity contribution in [3.05, 3.63) is 22.9 Å². The summed E-state index contributed by atoms with van der Waals surface area (Å²) < 4.78 is 7.98. The normalized spacial score (nSPS) is 18.2. The standard InChI is InChI=1S/C16H22BrN5O2/c1-16(2,3)24-15(23)21-7-6-11(10-21)8-18-13-4-5-14-19-9-12(17)22(14)20-13/h4-5,9,11H,6-8,10H2,1-3H3,(H,18,20)/t11-/m0/s1. The summed E-state index contributed by atoms with van der Waals surface area (Å²) in [6.07, 6.45) is 2.46. The maximum Gasteiger partial charge on any atom is 0.410 e. The maximum absolute atomic E-state index is 12.1. The molecular weight excluding hydrogens is 374 g/mol. The van der Waals surface area contributed by atoms with Gasteiger partial charge in [0.15, 0.2) is 5.65 Å². The van der Waals surface area contributed by atoms with Crippen molar-refractivity contribution >= 4 is 33.5 Å². The van der Waals surface area contributed by atoms with Gasteiger partial charge in [0.1, 0.15) is 16.0 Å². The summed E-state index contributed by atoms with van der Waals surface area (Å²) in [6.45, 7) is 7.87. The number of carbonyl (C=O) groups excluding carboxylic acids is 1. The van der Waals surface area contributed by atoms with Crippen LogP contribution in [-0.2, 0) is 4.74 Å². The minimum Gasteiger partial charge on any atom is -0.444 e. The number of amides is 1. The van der Waals surface area contributed by atoms with Gasteiger partial charge in [-0.2, -0.15) is 0 Å². The summed E-state index contributed by atoms with van der Waals surface area (Å²) >= 11 is 3.42. The maximum atomic E-state index is 12.1. The molecule has 1 amide bonds. The number of likely N-dealkylation sites (tertiary alicyclic amines) is 1. The van der Waals surface area contributed by atoms with Crippen molar-refractivity contribution in [2.24, 2.45) is 5.92 Å². The third-order valence-electron chi connectivity index (χ3n) is 3.83. The lowest BCUT2D eigenvalue weighted by Gasteiger charge is -2.24. The molecule has 8 heteroatoms. The Kier molecular flexibility index (Phi) is 4.67. The first-order valence-electron chi connectivity index (χ1n) is 8.04. The molecule has 2 aromatic heterocycles. The topological polar surface area (TPSA) is 71.8 Å². The van der Waals surface area contributed by atoms with E-state index in [1.54, 1.807) is 15.6 Å². The second-order valence-electron chi connectivity index (χ2n) is 7.03. The molecule has 0 aliphatic carbocycles. The number of aromatic nitrogens is 3. The van der Waals surface area contributed by atoms with Gasteiger partial charge in [-0.25, -0.2) is 14.3 Å². The molecule has 24 heavy (non-hydrogen) atoms. The van der Waals surface area contributed by atoms with Gasteiger partial charge in [-0.15, -0.1) is 5.10 Å². The molecule has 130 valence electrons. The Morgan fingerprint density at radius 1 is 1.46 bits per heavy atom. The number of fused-ring (bicyclic) bond motifs is 1. The van der Waals surface area contributed by atoms with Crippen molar-refractivity contribution < 1.29 is 9.53 Å². The number of halogens is 1. The number of hydrogen-bond donors (Lipinski definition) is 1. The van der Waals surface area contributed by atoms with Crippen LogP contribution in [0.15, 0.2) is 22.9 Å². The monoisotopic (exact) mass is 395 g/mol. The fourth-order valence-corrected chi connectivity index (χ4v) is 3.04. The molecule has 7 nitrogen and oxygen atoms in total. The Bertz CT molecular complexity index is 740. The first-order chi connectivity index (χ1) is 11.3. The van der Waals surface area contributed by atoms with E-state index in [9.17, 15) is 4.79 Å². The number of nitrogens with one attached hydrogen (secondary N) is 1. The van der Waals surface area contributed by atoms with Gasteiger partial charge < -0.3 is 15.0 Å². The molecule has 1 atom stereocenters. The lowest BCUT2D eigenvalue weighted by Crippen LogP contribution is -2.35. The van der Waals surface area contributed by atoms with Crippen molar-refractivity contribution in [3.8, 4) is 0 Å². The van der Waals surface area contributed by atoms with E-state index in [0.717, 1.165) is 35.6 Å². The van der Waals surface area contributed by atoms with E-state index in [1.807, 2.05) is 32.9 Å². The molecule has 0 unspecified atom stereocenters. The zero-order chi connectivity index (χ0) is 17.3. The summed E-state index contributed by atoms with van der Waals surface area (Å²) in [4.78, 5) is 18.1. The molecule has 0 radical (unpaired) electrons. The van der Waals surface area contributed by atoms with Crippen LogP contribution >= 0.6 is 15.9 Å². The number of imidazole rings is 1. The first-order valence-corrected chi connectivity index (χ1v) is 8.83. The highest BCUT2D eigenvalue weighted by Crippen LogP contribution is 2.20. The van der Waals surface area contributed by atoms with Gasteiger partial charge in [-0.05, 0) is 61.2 Å². The molecule has 0 spiro atoms. The second kappa shape index (κ2) is 6.58. The Labute approximate surface area is 149 Å². The summed E-state index contributed by atoms with van der Waals surface area (Å²) in [5.74, 6) is 1.18. The third-order valence-corrected chi connectivity index (χ3v) is 4.37. The highest BCUT2D eigenvalue weighted by atomic mass is 79.9. The predicted molar refractivity (Wildman–Crippen MR) is 95.1 cm³/mol. The smallest absolute Gasteiger partial charge is 0.410 e. The number of hydrogen-bond acceptors (Lipinski definition) is 5. The molecule has 1 fully saturated rings. The number of nitrogens with zero attached hydrogens (tertiary/aromatic N) is 4. The van der Waals surface area contributed by atoms with E-state index in [0.29, 0.717) is 12.5 Å². The van der Waals surface area contributed by atoms with Gasteiger partial charge in [0, 0.05) is 19.6 Å². The SMILES string of the molecule is CC(C)(C)OC(=O)N1CC[C@@H](CNc2ccc3ncc(Br)n3n2)C1. The molecule has 1 N–H and O–H groups in total. The molecule has 1 aliphatic rings. The van der Waals surface area contributed by atoms with Gasteiger partial charge in [0.25, 0.3) is 0 Å². The molecule has 3 heterocycles.